The molecule has 1 aromatic rings. The molecule has 1 heterocycles. The lowest BCUT2D eigenvalue weighted by atomic mass is 10.0. The van der Waals surface area contributed by atoms with Gasteiger partial charge >= 0.3 is 0 Å². The lowest BCUT2D eigenvalue weighted by molar-refractivity contribution is -0.112. The molecule has 1 aliphatic heterocycles. The van der Waals surface area contributed by atoms with Crippen molar-refractivity contribution >= 4 is 17.2 Å². The summed E-state index contributed by atoms with van der Waals surface area (Å²) in [4.78, 5) is 15.4. The van der Waals surface area contributed by atoms with Gasteiger partial charge in [0.25, 0.3) is 0 Å². The van der Waals surface area contributed by atoms with E-state index in [1.165, 1.54) is 19.2 Å². The number of carbonyl (C=O) groups is 1. The number of carbonyl (C=O) groups excluding carboxylic acids is 1. The number of halogens is 1. The van der Waals surface area contributed by atoms with Crippen LogP contribution in [0.3, 0.4) is 0 Å². The Hall–Kier alpha value is -1.71. The number of nitrogens with zero attached hydrogens (tertiary/aromatic N) is 1. The second-order valence-electron chi connectivity index (χ2n) is 3.41. The van der Waals surface area contributed by atoms with Gasteiger partial charge in [0.2, 0.25) is 0 Å². The lowest BCUT2D eigenvalue weighted by Gasteiger charge is -2.13. The quantitative estimate of drug-likeness (QED) is 0.706. The first-order chi connectivity index (χ1) is 7.11. The fourth-order valence-electron chi connectivity index (χ4n) is 1.53. The van der Waals surface area contributed by atoms with E-state index < -0.39 is 5.82 Å². The average molecular weight is 207 g/mol. The minimum atomic E-state index is -0.456. The summed E-state index contributed by atoms with van der Waals surface area (Å²) >= 11 is 0. The molecule has 2 rings (SSSR count). The summed E-state index contributed by atoms with van der Waals surface area (Å²) in [6, 6.07) is 2.82. The molecule has 0 atom stereocenters. The molecule has 4 heteroatoms. The van der Waals surface area contributed by atoms with Crippen molar-refractivity contribution in [3.05, 3.63) is 23.5 Å². The van der Waals surface area contributed by atoms with Gasteiger partial charge in [0, 0.05) is 12.5 Å². The Morgan fingerprint density at radius 1 is 1.47 bits per heavy atom. The van der Waals surface area contributed by atoms with Gasteiger partial charge < -0.3 is 4.74 Å². The molecule has 0 saturated heterocycles. The fraction of sp³-hybridized carbons (Fsp3) is 0.273. The summed E-state index contributed by atoms with van der Waals surface area (Å²) in [5, 5.41) is 0. The number of ether oxygens (including phenoxy) is 1. The third kappa shape index (κ3) is 1.63. The first-order valence-corrected chi connectivity index (χ1v) is 4.56. The van der Waals surface area contributed by atoms with Gasteiger partial charge in [-0.25, -0.2) is 9.38 Å². The predicted octanol–water partition coefficient (Wildman–Crippen LogP) is 2.05. The van der Waals surface area contributed by atoms with Gasteiger partial charge in [0.05, 0.1) is 18.5 Å². The Balaban J connectivity index is 2.56. The van der Waals surface area contributed by atoms with Gasteiger partial charge in [0.15, 0.2) is 17.3 Å². The number of Topliss-reactive ketones (excluding diaryl/α,β-unsaturated/α-hetero) is 1. The first kappa shape index (κ1) is 9.83. The van der Waals surface area contributed by atoms with Gasteiger partial charge in [-0.05, 0) is 18.6 Å². The molecule has 0 unspecified atom stereocenters. The SMILES string of the molecule is COc1cc2c(cc1F)N=C(C)C(=O)C2. The van der Waals surface area contributed by atoms with Crippen molar-refractivity contribution in [3.8, 4) is 5.75 Å². The zero-order chi connectivity index (χ0) is 11.0. The van der Waals surface area contributed by atoms with Crippen LogP contribution in [0.1, 0.15) is 12.5 Å². The zero-order valence-corrected chi connectivity index (χ0v) is 8.50. The van der Waals surface area contributed by atoms with E-state index >= 15 is 0 Å². The summed E-state index contributed by atoms with van der Waals surface area (Å²) in [5.41, 5.74) is 1.65. The van der Waals surface area contributed by atoms with Gasteiger partial charge in [-0.2, -0.15) is 0 Å². The van der Waals surface area contributed by atoms with Crippen LogP contribution in [0.15, 0.2) is 17.1 Å². The number of rotatable bonds is 1. The molecule has 1 aliphatic rings. The average Bonchev–Trinajstić information content (AvgIpc) is 2.20. The van der Waals surface area contributed by atoms with Crippen molar-refractivity contribution in [1.82, 2.24) is 0 Å². The Labute approximate surface area is 86.6 Å². The van der Waals surface area contributed by atoms with Gasteiger partial charge in [-0.1, -0.05) is 0 Å². The fourth-order valence-corrected chi connectivity index (χ4v) is 1.53. The number of aliphatic imine (C=N–C) groups is 1. The van der Waals surface area contributed by atoms with Crippen LogP contribution in [0.4, 0.5) is 10.1 Å². The lowest BCUT2D eigenvalue weighted by Crippen LogP contribution is -2.17. The van der Waals surface area contributed by atoms with E-state index in [-0.39, 0.29) is 18.0 Å². The Morgan fingerprint density at radius 2 is 2.20 bits per heavy atom. The molecule has 0 aromatic heterocycles. The van der Waals surface area contributed by atoms with Gasteiger partial charge in [-0.3, -0.25) is 4.79 Å². The normalized spacial score (nSPS) is 14.6. The van der Waals surface area contributed by atoms with Gasteiger partial charge in [0.1, 0.15) is 0 Å². The van der Waals surface area contributed by atoms with E-state index in [1.807, 2.05) is 0 Å². The third-order valence-electron chi connectivity index (χ3n) is 2.40. The predicted molar refractivity (Wildman–Crippen MR) is 54.4 cm³/mol. The molecule has 0 aliphatic carbocycles. The zero-order valence-electron chi connectivity index (χ0n) is 8.50. The number of fused-ring (bicyclic) bond motifs is 1. The Kier molecular flexibility index (Phi) is 2.26. The van der Waals surface area contributed by atoms with Crippen molar-refractivity contribution in [2.45, 2.75) is 13.3 Å². The largest absolute Gasteiger partial charge is 0.494 e. The van der Waals surface area contributed by atoms with E-state index in [2.05, 4.69) is 4.99 Å². The van der Waals surface area contributed by atoms with E-state index in [0.29, 0.717) is 17.0 Å². The van der Waals surface area contributed by atoms with E-state index in [0.717, 1.165) is 0 Å². The highest BCUT2D eigenvalue weighted by Crippen LogP contribution is 2.30. The van der Waals surface area contributed by atoms with E-state index in [1.54, 1.807) is 6.92 Å². The molecule has 0 radical (unpaired) electrons. The first-order valence-electron chi connectivity index (χ1n) is 4.56. The standard InChI is InChI=1S/C11H10FNO2/c1-6-10(14)3-7-4-11(15-2)8(12)5-9(7)13-6/h4-5H,3H2,1-2H3. The van der Waals surface area contributed by atoms with Crippen LogP contribution >= 0.6 is 0 Å². The highest BCUT2D eigenvalue weighted by Gasteiger charge is 2.19. The maximum atomic E-state index is 13.3. The van der Waals surface area contributed by atoms with Crippen LogP contribution in [-0.4, -0.2) is 18.6 Å². The van der Waals surface area contributed by atoms with Crippen LogP contribution in [-0.2, 0) is 11.2 Å². The van der Waals surface area contributed by atoms with E-state index in [4.69, 9.17) is 4.74 Å². The van der Waals surface area contributed by atoms with Crippen LogP contribution in [0.5, 0.6) is 5.75 Å². The van der Waals surface area contributed by atoms with Crippen molar-refractivity contribution < 1.29 is 13.9 Å². The second-order valence-corrected chi connectivity index (χ2v) is 3.41. The second kappa shape index (κ2) is 3.46. The molecule has 0 fully saturated rings. The van der Waals surface area contributed by atoms with Gasteiger partial charge in [-0.15, -0.1) is 0 Å². The van der Waals surface area contributed by atoms with Crippen LogP contribution in [0.25, 0.3) is 0 Å². The van der Waals surface area contributed by atoms with Crippen molar-refractivity contribution in [1.29, 1.82) is 0 Å². The molecule has 0 bridgehead atoms. The summed E-state index contributed by atoms with van der Waals surface area (Å²) in [6.45, 7) is 1.63. The summed E-state index contributed by atoms with van der Waals surface area (Å²) in [7, 11) is 1.39. The van der Waals surface area contributed by atoms with Crippen molar-refractivity contribution in [2.24, 2.45) is 4.99 Å². The topological polar surface area (TPSA) is 38.7 Å². The minimum Gasteiger partial charge on any atom is -0.494 e. The molecule has 0 amide bonds. The summed E-state index contributed by atoms with van der Waals surface area (Å²) in [6.07, 6.45) is 0.265. The molecular formula is C11H10FNO2. The highest BCUT2D eigenvalue weighted by molar-refractivity contribution is 6.40. The van der Waals surface area contributed by atoms with Crippen LogP contribution in [0, 0.1) is 5.82 Å². The smallest absolute Gasteiger partial charge is 0.181 e. The number of hydrogen-bond donors (Lipinski definition) is 0. The summed E-state index contributed by atoms with van der Waals surface area (Å²) in [5.74, 6) is -0.338. The molecule has 1 aromatic carbocycles. The van der Waals surface area contributed by atoms with Crippen molar-refractivity contribution in [2.75, 3.05) is 7.11 Å². The molecular weight excluding hydrogens is 197 g/mol. The molecule has 3 nitrogen and oxygen atoms in total. The third-order valence-corrected chi connectivity index (χ3v) is 2.40. The maximum Gasteiger partial charge on any atom is 0.181 e. The highest BCUT2D eigenvalue weighted by atomic mass is 19.1. The summed E-state index contributed by atoms with van der Waals surface area (Å²) < 4.78 is 18.2. The number of ketones is 1. The number of benzene rings is 1. The monoisotopic (exact) mass is 207 g/mol. The van der Waals surface area contributed by atoms with Crippen molar-refractivity contribution in [3.63, 3.8) is 0 Å². The number of methoxy groups -OCH3 is 1. The number of hydrogen-bond acceptors (Lipinski definition) is 3. The molecule has 0 saturated carbocycles. The van der Waals surface area contributed by atoms with E-state index in [9.17, 15) is 9.18 Å². The molecule has 78 valence electrons. The molecule has 0 spiro atoms. The Morgan fingerprint density at radius 3 is 2.87 bits per heavy atom. The maximum absolute atomic E-state index is 13.3. The molecule has 15 heavy (non-hydrogen) atoms. The van der Waals surface area contributed by atoms with Crippen LogP contribution < -0.4 is 4.74 Å². The van der Waals surface area contributed by atoms with Crippen LogP contribution in [0.2, 0.25) is 0 Å². The minimum absolute atomic E-state index is 0.0313. The Bertz CT molecular complexity index is 466. The molecule has 0 N–H and O–H groups in total.